The lowest BCUT2D eigenvalue weighted by Crippen LogP contribution is -2.23. The van der Waals surface area contributed by atoms with E-state index in [-0.39, 0.29) is 17.8 Å². The lowest BCUT2D eigenvalue weighted by molar-refractivity contribution is 0.0964. The standard InChI is InChI=1S/C25H28BFN2O4S/c1-28-25(30)23-20-13-19(15-3-4-15)21(29(34-2)12-10-18-9-11-26(31)33-18)14-22(20)32-24(23)16-5-7-17(27)8-6-16/h5-8,13-15,18,31H,3-4,9-12H2,1-2H3,(H,28,30). The van der Waals surface area contributed by atoms with E-state index in [1.807, 2.05) is 12.3 Å². The Bertz CT molecular complexity index is 1200. The van der Waals surface area contributed by atoms with Crippen LogP contribution in [0.3, 0.4) is 0 Å². The number of hydrogen-bond acceptors (Lipinski definition) is 6. The number of nitrogens with zero attached hydrogens (tertiary/aromatic N) is 1. The van der Waals surface area contributed by atoms with Gasteiger partial charge in [-0.3, -0.25) is 4.79 Å². The van der Waals surface area contributed by atoms with Gasteiger partial charge in [0.1, 0.15) is 17.2 Å². The van der Waals surface area contributed by atoms with E-state index in [0.29, 0.717) is 34.7 Å². The second kappa shape index (κ2) is 9.64. The molecule has 1 saturated carbocycles. The predicted molar refractivity (Wildman–Crippen MR) is 135 cm³/mol. The Labute approximate surface area is 203 Å². The van der Waals surface area contributed by atoms with Gasteiger partial charge in [-0.2, -0.15) is 0 Å². The number of hydrogen-bond donors (Lipinski definition) is 2. The zero-order chi connectivity index (χ0) is 23.8. The van der Waals surface area contributed by atoms with Crippen LogP contribution in [0.5, 0.6) is 0 Å². The third-order valence-corrected chi connectivity index (χ3v) is 7.46. The van der Waals surface area contributed by atoms with Crippen LogP contribution in [0.25, 0.3) is 22.3 Å². The van der Waals surface area contributed by atoms with Crippen molar-refractivity contribution in [2.24, 2.45) is 0 Å². The topological polar surface area (TPSA) is 74.9 Å². The van der Waals surface area contributed by atoms with Crippen LogP contribution in [0, 0.1) is 5.82 Å². The Balaban J connectivity index is 1.57. The van der Waals surface area contributed by atoms with Crippen LogP contribution in [-0.2, 0) is 4.65 Å². The summed E-state index contributed by atoms with van der Waals surface area (Å²) >= 11 is 1.65. The van der Waals surface area contributed by atoms with Crippen molar-refractivity contribution in [2.75, 3.05) is 24.2 Å². The zero-order valence-corrected chi connectivity index (χ0v) is 20.2. The maximum absolute atomic E-state index is 13.5. The molecule has 6 nitrogen and oxygen atoms in total. The summed E-state index contributed by atoms with van der Waals surface area (Å²) in [5.41, 5.74) is 4.06. The normalized spacial score (nSPS) is 18.0. The van der Waals surface area contributed by atoms with E-state index in [1.54, 1.807) is 31.1 Å². The number of halogens is 1. The van der Waals surface area contributed by atoms with Crippen molar-refractivity contribution in [3.8, 4) is 11.3 Å². The fourth-order valence-corrected chi connectivity index (χ4v) is 5.35. The highest BCUT2D eigenvalue weighted by Crippen LogP contribution is 2.48. The molecule has 2 heterocycles. The first-order valence-electron chi connectivity index (χ1n) is 11.7. The van der Waals surface area contributed by atoms with Gasteiger partial charge < -0.3 is 23.7 Å². The van der Waals surface area contributed by atoms with E-state index in [9.17, 15) is 14.2 Å². The van der Waals surface area contributed by atoms with Crippen molar-refractivity contribution in [2.45, 2.75) is 44.0 Å². The number of fused-ring (bicyclic) bond motifs is 1. The van der Waals surface area contributed by atoms with Crippen molar-refractivity contribution in [1.82, 2.24) is 5.32 Å². The van der Waals surface area contributed by atoms with Crippen molar-refractivity contribution in [1.29, 1.82) is 0 Å². The number of rotatable bonds is 8. The Morgan fingerprint density at radius 2 is 2.03 bits per heavy atom. The minimum atomic E-state index is -0.651. The average Bonchev–Trinajstić information content (AvgIpc) is 3.50. The molecule has 3 aromatic rings. The molecule has 1 amide bonds. The van der Waals surface area contributed by atoms with E-state index in [2.05, 4.69) is 15.7 Å². The van der Waals surface area contributed by atoms with E-state index in [4.69, 9.17) is 9.07 Å². The highest BCUT2D eigenvalue weighted by Gasteiger charge is 2.32. The van der Waals surface area contributed by atoms with Crippen LogP contribution >= 0.6 is 11.9 Å². The third-order valence-electron chi connectivity index (χ3n) is 6.64. The molecule has 1 unspecified atom stereocenters. The van der Waals surface area contributed by atoms with Gasteiger partial charge in [0.2, 0.25) is 0 Å². The molecule has 1 saturated heterocycles. The van der Waals surface area contributed by atoms with Crippen molar-refractivity contribution >= 4 is 41.6 Å². The minimum Gasteiger partial charge on any atom is -0.455 e. The number of nitrogens with one attached hydrogen (secondary N) is 1. The molecule has 1 aromatic heterocycles. The summed E-state index contributed by atoms with van der Waals surface area (Å²) in [6.45, 7) is 0.775. The van der Waals surface area contributed by atoms with Gasteiger partial charge in [0, 0.05) is 43.0 Å². The van der Waals surface area contributed by atoms with Gasteiger partial charge in [0.15, 0.2) is 0 Å². The molecule has 2 aliphatic rings. The van der Waals surface area contributed by atoms with Crippen LogP contribution in [0.1, 0.15) is 47.5 Å². The summed E-state index contributed by atoms with van der Waals surface area (Å²) < 4.78 is 27.6. The zero-order valence-electron chi connectivity index (χ0n) is 19.3. The molecule has 178 valence electrons. The maximum Gasteiger partial charge on any atom is 0.454 e. The average molecular weight is 482 g/mol. The van der Waals surface area contributed by atoms with Gasteiger partial charge >= 0.3 is 7.12 Å². The Morgan fingerprint density at radius 3 is 2.65 bits per heavy atom. The molecule has 2 N–H and O–H groups in total. The monoisotopic (exact) mass is 482 g/mol. The molecule has 2 aromatic carbocycles. The van der Waals surface area contributed by atoms with Crippen molar-refractivity contribution in [3.05, 3.63) is 53.3 Å². The van der Waals surface area contributed by atoms with Crippen LogP contribution in [-0.4, -0.2) is 44.0 Å². The van der Waals surface area contributed by atoms with Crippen LogP contribution < -0.4 is 9.62 Å². The summed E-state index contributed by atoms with van der Waals surface area (Å²) in [6, 6.07) is 10.1. The van der Waals surface area contributed by atoms with Crippen molar-refractivity contribution in [3.63, 3.8) is 0 Å². The number of carbonyl (C=O) groups excluding carboxylic acids is 1. The highest BCUT2D eigenvalue weighted by atomic mass is 32.2. The Kier molecular flexibility index (Phi) is 6.60. The largest absolute Gasteiger partial charge is 0.455 e. The summed E-state index contributed by atoms with van der Waals surface area (Å²) in [6.07, 6.45) is 6.73. The number of furan rings is 1. The smallest absolute Gasteiger partial charge is 0.454 e. The molecule has 5 rings (SSSR count). The van der Waals surface area contributed by atoms with Gasteiger partial charge in [-0.25, -0.2) is 4.39 Å². The molecule has 1 atom stereocenters. The van der Waals surface area contributed by atoms with E-state index < -0.39 is 7.12 Å². The van der Waals surface area contributed by atoms with Crippen LogP contribution in [0.4, 0.5) is 10.1 Å². The maximum atomic E-state index is 13.5. The summed E-state index contributed by atoms with van der Waals surface area (Å²) in [7, 11) is 0.950. The molecule has 9 heteroatoms. The lowest BCUT2D eigenvalue weighted by atomic mass is 9.87. The molecule has 1 aliphatic heterocycles. The van der Waals surface area contributed by atoms with Gasteiger partial charge in [0.25, 0.3) is 5.91 Å². The van der Waals surface area contributed by atoms with Gasteiger partial charge in [-0.1, -0.05) is 11.9 Å². The highest BCUT2D eigenvalue weighted by molar-refractivity contribution is 7.99. The predicted octanol–water partition coefficient (Wildman–Crippen LogP) is 5.22. The van der Waals surface area contributed by atoms with Crippen LogP contribution in [0.15, 0.2) is 40.8 Å². The van der Waals surface area contributed by atoms with Gasteiger partial charge in [-0.05, 0) is 73.8 Å². The molecule has 2 fully saturated rings. The Morgan fingerprint density at radius 1 is 1.26 bits per heavy atom. The summed E-state index contributed by atoms with van der Waals surface area (Å²) in [5.74, 6) is 0.331. The molecular formula is C25H28BFN2O4S. The summed E-state index contributed by atoms with van der Waals surface area (Å²) in [4.78, 5) is 12.9. The number of amides is 1. The first kappa shape index (κ1) is 23.3. The molecule has 0 spiro atoms. The Hall–Kier alpha value is -2.49. The molecule has 0 radical (unpaired) electrons. The summed E-state index contributed by atoms with van der Waals surface area (Å²) in [5, 5.41) is 13.2. The van der Waals surface area contributed by atoms with Crippen LogP contribution in [0.2, 0.25) is 6.32 Å². The van der Waals surface area contributed by atoms with Crippen molar-refractivity contribution < 1.29 is 23.3 Å². The minimum absolute atomic E-state index is 0.0614. The molecule has 1 aliphatic carbocycles. The fourth-order valence-electron chi connectivity index (χ4n) is 4.71. The third kappa shape index (κ3) is 4.56. The number of benzene rings is 2. The second-order valence-electron chi connectivity index (χ2n) is 8.94. The van der Waals surface area contributed by atoms with Gasteiger partial charge in [-0.15, -0.1) is 0 Å². The number of carbonyl (C=O) groups is 1. The SMILES string of the molecule is CNC(=O)c1c(-c2ccc(F)cc2)oc2cc(N(CCC3CCB(O)O3)SC)c(C3CC3)cc12. The van der Waals surface area contributed by atoms with Gasteiger partial charge in [0.05, 0.1) is 11.3 Å². The molecule has 34 heavy (non-hydrogen) atoms. The van der Waals surface area contributed by atoms with E-state index in [0.717, 1.165) is 43.3 Å². The first-order chi connectivity index (χ1) is 16.5. The fraction of sp³-hybridized carbons (Fsp3) is 0.400. The molecular weight excluding hydrogens is 454 g/mol. The van der Waals surface area contributed by atoms with E-state index >= 15 is 0 Å². The quantitative estimate of drug-likeness (QED) is 0.339. The molecule has 0 bridgehead atoms. The second-order valence-corrected chi connectivity index (χ2v) is 9.74. The first-order valence-corrected chi connectivity index (χ1v) is 12.9. The lowest BCUT2D eigenvalue weighted by Gasteiger charge is -2.26. The van der Waals surface area contributed by atoms with E-state index in [1.165, 1.54) is 17.7 Å². The number of anilines is 1.